The summed E-state index contributed by atoms with van der Waals surface area (Å²) in [7, 11) is 1.52. The molecule has 1 unspecified atom stereocenters. The second-order valence-corrected chi connectivity index (χ2v) is 7.11. The number of benzene rings is 2. The van der Waals surface area contributed by atoms with E-state index < -0.39 is 23.5 Å². The van der Waals surface area contributed by atoms with Gasteiger partial charge >= 0.3 is 0 Å². The fraction of sp³-hybridized carbons (Fsp3) is 0.167. The average Bonchev–Trinajstić information content (AvgIpc) is 3.37. The van der Waals surface area contributed by atoms with Crippen molar-refractivity contribution in [2.75, 3.05) is 12.0 Å². The maximum absolute atomic E-state index is 13.2. The molecule has 3 aromatic rings. The Bertz CT molecular complexity index is 1160. The standard InChI is InChI=1S/C24H21NO5/c1-14-8-6-10-17(15(14)2)25-21(16-9-4-5-11-18(16)29-3)20(23(27)24(25)28)22(26)19-12-7-13-30-19/h4-13,21,27H,1-3H3. The van der Waals surface area contributed by atoms with Crippen LogP contribution in [0.25, 0.3) is 0 Å². The highest BCUT2D eigenvalue weighted by Crippen LogP contribution is 2.45. The van der Waals surface area contributed by atoms with Crippen molar-refractivity contribution in [3.8, 4) is 5.75 Å². The summed E-state index contributed by atoms with van der Waals surface area (Å²) in [4.78, 5) is 27.9. The third kappa shape index (κ3) is 2.97. The Morgan fingerprint density at radius 2 is 1.83 bits per heavy atom. The third-order valence-electron chi connectivity index (χ3n) is 5.47. The quantitative estimate of drug-likeness (QED) is 0.625. The normalized spacial score (nSPS) is 16.3. The lowest BCUT2D eigenvalue weighted by molar-refractivity contribution is -0.117. The highest BCUT2D eigenvalue weighted by Gasteiger charge is 2.46. The minimum atomic E-state index is -0.869. The van der Waals surface area contributed by atoms with Crippen LogP contribution in [0.15, 0.2) is 76.6 Å². The van der Waals surface area contributed by atoms with Gasteiger partial charge in [0.1, 0.15) is 5.75 Å². The Balaban J connectivity index is 1.96. The van der Waals surface area contributed by atoms with Crippen LogP contribution in [0, 0.1) is 13.8 Å². The summed E-state index contributed by atoms with van der Waals surface area (Å²) in [5.41, 5.74) is 3.04. The second kappa shape index (κ2) is 7.55. The Kier molecular flexibility index (Phi) is 4.91. The number of rotatable bonds is 5. The summed E-state index contributed by atoms with van der Waals surface area (Å²) >= 11 is 0. The molecule has 0 radical (unpaired) electrons. The topological polar surface area (TPSA) is 80.0 Å². The van der Waals surface area contributed by atoms with Crippen molar-refractivity contribution in [1.29, 1.82) is 0 Å². The number of Topliss-reactive ketones (excluding diaryl/α,β-unsaturated/α-hetero) is 1. The Labute approximate surface area is 174 Å². The van der Waals surface area contributed by atoms with Crippen LogP contribution in [-0.2, 0) is 4.79 Å². The lowest BCUT2D eigenvalue weighted by atomic mass is 9.93. The molecule has 0 saturated heterocycles. The number of furan rings is 1. The van der Waals surface area contributed by atoms with Gasteiger partial charge in [0, 0.05) is 11.3 Å². The first kappa shape index (κ1) is 19.5. The van der Waals surface area contributed by atoms with Gasteiger partial charge in [-0.15, -0.1) is 0 Å². The zero-order valence-corrected chi connectivity index (χ0v) is 16.9. The molecule has 1 atom stereocenters. The number of hydrogen-bond donors (Lipinski definition) is 1. The summed E-state index contributed by atoms with van der Waals surface area (Å²) in [6.45, 7) is 3.85. The molecule has 0 saturated carbocycles. The zero-order chi connectivity index (χ0) is 21.4. The van der Waals surface area contributed by atoms with Crippen LogP contribution in [0.4, 0.5) is 5.69 Å². The van der Waals surface area contributed by atoms with Crippen molar-refractivity contribution in [3.63, 3.8) is 0 Å². The lowest BCUT2D eigenvalue weighted by Gasteiger charge is -2.29. The zero-order valence-electron chi connectivity index (χ0n) is 16.9. The first-order chi connectivity index (χ1) is 14.5. The van der Waals surface area contributed by atoms with E-state index in [0.29, 0.717) is 17.0 Å². The van der Waals surface area contributed by atoms with E-state index in [0.717, 1.165) is 11.1 Å². The molecule has 30 heavy (non-hydrogen) atoms. The number of aliphatic hydroxyl groups excluding tert-OH is 1. The maximum atomic E-state index is 13.2. The number of aryl methyl sites for hydroxylation is 1. The summed E-state index contributed by atoms with van der Waals surface area (Å²) in [5.74, 6) is -1.23. The molecule has 1 N–H and O–H groups in total. The number of carbonyl (C=O) groups excluding carboxylic acids is 2. The molecule has 0 fully saturated rings. The molecule has 0 aliphatic carbocycles. The molecule has 1 amide bonds. The van der Waals surface area contributed by atoms with Crippen LogP contribution in [0.3, 0.4) is 0 Å². The molecule has 6 nitrogen and oxygen atoms in total. The molecule has 0 bridgehead atoms. The predicted octanol–water partition coefficient (Wildman–Crippen LogP) is 4.69. The van der Waals surface area contributed by atoms with Gasteiger partial charge in [0.05, 0.1) is 25.0 Å². The molecular formula is C24H21NO5. The maximum Gasteiger partial charge on any atom is 0.294 e. The van der Waals surface area contributed by atoms with Crippen LogP contribution in [-0.4, -0.2) is 23.9 Å². The molecule has 1 aliphatic rings. The summed E-state index contributed by atoms with van der Waals surface area (Å²) in [6, 6.07) is 15.0. The van der Waals surface area contributed by atoms with Crippen LogP contribution in [0.2, 0.25) is 0 Å². The van der Waals surface area contributed by atoms with E-state index >= 15 is 0 Å². The van der Waals surface area contributed by atoms with E-state index in [1.54, 1.807) is 36.4 Å². The molecule has 152 valence electrons. The van der Waals surface area contributed by atoms with Crippen molar-refractivity contribution in [2.24, 2.45) is 0 Å². The van der Waals surface area contributed by atoms with E-state index in [1.807, 2.05) is 26.0 Å². The summed E-state index contributed by atoms with van der Waals surface area (Å²) in [6.07, 6.45) is 1.38. The van der Waals surface area contributed by atoms with Crippen molar-refractivity contribution >= 4 is 17.4 Å². The van der Waals surface area contributed by atoms with Crippen molar-refractivity contribution in [3.05, 3.63) is 94.6 Å². The van der Waals surface area contributed by atoms with Gasteiger partial charge in [-0.3, -0.25) is 14.5 Å². The number of nitrogens with zero attached hydrogens (tertiary/aromatic N) is 1. The van der Waals surface area contributed by atoms with Crippen molar-refractivity contribution in [1.82, 2.24) is 0 Å². The van der Waals surface area contributed by atoms with E-state index in [-0.39, 0.29) is 11.3 Å². The van der Waals surface area contributed by atoms with Gasteiger partial charge in [0.25, 0.3) is 5.91 Å². The van der Waals surface area contributed by atoms with E-state index in [9.17, 15) is 14.7 Å². The van der Waals surface area contributed by atoms with Gasteiger partial charge in [-0.2, -0.15) is 0 Å². The SMILES string of the molecule is COc1ccccc1C1C(C(=O)c2ccco2)=C(O)C(=O)N1c1cccc(C)c1C. The molecule has 4 rings (SSSR count). The van der Waals surface area contributed by atoms with E-state index in [2.05, 4.69) is 0 Å². The highest BCUT2D eigenvalue weighted by atomic mass is 16.5. The Morgan fingerprint density at radius 3 is 2.53 bits per heavy atom. The average molecular weight is 403 g/mol. The lowest BCUT2D eigenvalue weighted by Crippen LogP contribution is -2.32. The molecule has 0 spiro atoms. The van der Waals surface area contributed by atoms with Gasteiger partial charge in [-0.1, -0.05) is 30.3 Å². The van der Waals surface area contributed by atoms with Gasteiger partial charge in [-0.05, 0) is 49.2 Å². The Morgan fingerprint density at radius 1 is 1.07 bits per heavy atom. The molecule has 6 heteroatoms. The number of methoxy groups -OCH3 is 1. The minimum absolute atomic E-state index is 0.0413. The number of hydrogen-bond acceptors (Lipinski definition) is 5. The number of para-hydroxylation sites is 1. The first-order valence-corrected chi connectivity index (χ1v) is 9.49. The van der Waals surface area contributed by atoms with Gasteiger partial charge < -0.3 is 14.3 Å². The fourth-order valence-corrected chi connectivity index (χ4v) is 3.81. The smallest absolute Gasteiger partial charge is 0.294 e. The highest BCUT2D eigenvalue weighted by molar-refractivity contribution is 6.20. The van der Waals surface area contributed by atoms with E-state index in [4.69, 9.17) is 9.15 Å². The van der Waals surface area contributed by atoms with Gasteiger partial charge in [-0.25, -0.2) is 0 Å². The third-order valence-corrected chi connectivity index (χ3v) is 5.47. The van der Waals surface area contributed by atoms with Gasteiger partial charge in [0.2, 0.25) is 5.78 Å². The molecule has 1 aliphatic heterocycles. The van der Waals surface area contributed by atoms with E-state index in [1.165, 1.54) is 24.3 Å². The van der Waals surface area contributed by atoms with Gasteiger partial charge in [0.15, 0.2) is 11.5 Å². The monoisotopic (exact) mass is 403 g/mol. The van der Waals surface area contributed by atoms with Crippen LogP contribution >= 0.6 is 0 Å². The van der Waals surface area contributed by atoms with Crippen LogP contribution in [0.1, 0.15) is 33.3 Å². The minimum Gasteiger partial charge on any atom is -0.503 e. The molecule has 2 aromatic carbocycles. The fourth-order valence-electron chi connectivity index (χ4n) is 3.81. The number of amides is 1. The first-order valence-electron chi connectivity index (χ1n) is 9.49. The number of carbonyl (C=O) groups is 2. The number of ketones is 1. The molecular weight excluding hydrogens is 382 g/mol. The summed E-state index contributed by atoms with van der Waals surface area (Å²) < 4.78 is 10.8. The van der Waals surface area contributed by atoms with Crippen molar-refractivity contribution in [2.45, 2.75) is 19.9 Å². The number of aliphatic hydroxyl groups is 1. The second-order valence-electron chi connectivity index (χ2n) is 7.11. The van der Waals surface area contributed by atoms with Crippen LogP contribution < -0.4 is 9.64 Å². The van der Waals surface area contributed by atoms with Crippen molar-refractivity contribution < 1.29 is 23.8 Å². The molecule has 1 aromatic heterocycles. The number of anilines is 1. The summed E-state index contributed by atoms with van der Waals surface area (Å²) in [5, 5.41) is 10.8. The predicted molar refractivity (Wildman–Crippen MR) is 112 cm³/mol. The van der Waals surface area contributed by atoms with Crippen LogP contribution in [0.5, 0.6) is 5.75 Å². The Hall–Kier alpha value is -3.80. The molecule has 2 heterocycles. The largest absolute Gasteiger partial charge is 0.503 e. The number of ether oxygens (including phenoxy) is 1.